The monoisotopic (exact) mass is 250 g/mol. The molecule has 0 fully saturated rings. The summed E-state index contributed by atoms with van der Waals surface area (Å²) in [6, 6.07) is 6.31. The molecule has 0 radical (unpaired) electrons. The predicted octanol–water partition coefficient (Wildman–Crippen LogP) is 2.74. The van der Waals surface area contributed by atoms with Crippen LogP contribution < -0.4 is 5.73 Å². The normalized spacial score (nSPS) is 11.3. The lowest BCUT2D eigenvalue weighted by molar-refractivity contribution is 0.286. The van der Waals surface area contributed by atoms with Crippen molar-refractivity contribution in [3.05, 3.63) is 45.5 Å². The van der Waals surface area contributed by atoms with Crippen LogP contribution in [0.15, 0.2) is 28.0 Å². The Bertz CT molecular complexity index is 462. The Labute approximate surface area is 106 Å². The minimum absolute atomic E-state index is 0.473. The fraction of sp³-hybridized carbons (Fsp3) is 0.385. The van der Waals surface area contributed by atoms with Gasteiger partial charge >= 0.3 is 0 Å². The molecular formula is C13H18N2OS. The maximum atomic E-state index is 5.69. The average Bonchev–Trinajstić information content (AvgIpc) is 2.88. The van der Waals surface area contributed by atoms with Gasteiger partial charge in [-0.1, -0.05) is 6.07 Å². The fourth-order valence-corrected chi connectivity index (χ4v) is 2.65. The predicted molar refractivity (Wildman–Crippen MR) is 70.8 cm³/mol. The van der Waals surface area contributed by atoms with E-state index in [4.69, 9.17) is 10.2 Å². The molecule has 2 heterocycles. The highest BCUT2D eigenvalue weighted by molar-refractivity contribution is 7.09. The summed E-state index contributed by atoms with van der Waals surface area (Å²) >= 11 is 1.78. The smallest absolute Gasteiger partial charge is 0.120 e. The van der Waals surface area contributed by atoms with Crippen LogP contribution in [-0.4, -0.2) is 11.9 Å². The molecule has 17 heavy (non-hydrogen) atoms. The summed E-state index contributed by atoms with van der Waals surface area (Å²) in [5.41, 5.74) is 6.74. The van der Waals surface area contributed by atoms with Crippen LogP contribution in [0.2, 0.25) is 0 Å². The second-order valence-corrected chi connectivity index (χ2v) is 5.31. The van der Waals surface area contributed by atoms with Crippen molar-refractivity contribution < 1.29 is 4.42 Å². The molecule has 0 atom stereocenters. The van der Waals surface area contributed by atoms with Gasteiger partial charge < -0.3 is 10.2 Å². The van der Waals surface area contributed by atoms with Crippen LogP contribution in [0.5, 0.6) is 0 Å². The molecule has 92 valence electrons. The molecule has 0 bridgehead atoms. The van der Waals surface area contributed by atoms with Crippen molar-refractivity contribution >= 4 is 11.3 Å². The summed E-state index contributed by atoms with van der Waals surface area (Å²) in [5.74, 6) is 1.88. The second-order valence-electron chi connectivity index (χ2n) is 4.27. The van der Waals surface area contributed by atoms with E-state index in [0.717, 1.165) is 30.2 Å². The van der Waals surface area contributed by atoms with E-state index in [1.165, 1.54) is 4.88 Å². The number of hydrogen-bond donors (Lipinski definition) is 1. The van der Waals surface area contributed by atoms with Crippen LogP contribution in [0.4, 0.5) is 0 Å². The number of hydrogen-bond acceptors (Lipinski definition) is 4. The largest absolute Gasteiger partial charge is 0.463 e. The Morgan fingerprint density at radius 1 is 1.41 bits per heavy atom. The molecule has 3 nitrogen and oxygen atoms in total. The Morgan fingerprint density at radius 3 is 2.82 bits per heavy atom. The van der Waals surface area contributed by atoms with Crippen LogP contribution in [-0.2, 0) is 19.6 Å². The first kappa shape index (κ1) is 12.4. The first-order valence-electron chi connectivity index (χ1n) is 5.68. The Balaban J connectivity index is 1.95. The number of nitrogens with zero attached hydrogens (tertiary/aromatic N) is 1. The molecule has 0 saturated carbocycles. The summed E-state index contributed by atoms with van der Waals surface area (Å²) in [6.07, 6.45) is 0. The van der Waals surface area contributed by atoms with Crippen molar-refractivity contribution in [1.82, 2.24) is 4.90 Å². The molecule has 2 aromatic rings. The molecule has 0 unspecified atom stereocenters. The van der Waals surface area contributed by atoms with Gasteiger partial charge in [-0.3, -0.25) is 4.90 Å². The van der Waals surface area contributed by atoms with Crippen LogP contribution in [0.25, 0.3) is 0 Å². The van der Waals surface area contributed by atoms with E-state index in [2.05, 4.69) is 35.5 Å². The summed E-state index contributed by atoms with van der Waals surface area (Å²) < 4.78 is 5.69. The number of nitrogens with two attached hydrogens (primary N) is 1. The number of aryl methyl sites for hydroxylation is 1. The molecule has 2 rings (SSSR count). The lowest BCUT2D eigenvalue weighted by atomic mass is 10.2. The highest BCUT2D eigenvalue weighted by atomic mass is 32.1. The molecule has 0 aliphatic carbocycles. The fourth-order valence-electron chi connectivity index (χ4n) is 1.86. The van der Waals surface area contributed by atoms with Gasteiger partial charge in [-0.05, 0) is 37.0 Å². The average molecular weight is 250 g/mol. The van der Waals surface area contributed by atoms with Crippen LogP contribution in [0.3, 0.4) is 0 Å². The molecule has 4 heteroatoms. The molecular weight excluding hydrogens is 232 g/mol. The summed E-state index contributed by atoms with van der Waals surface area (Å²) in [6.45, 7) is 4.28. The maximum Gasteiger partial charge on any atom is 0.120 e. The summed E-state index contributed by atoms with van der Waals surface area (Å²) in [4.78, 5) is 3.61. The SMILES string of the molecule is Cc1cc(CN(C)Cc2cccs2)oc1CN. The van der Waals surface area contributed by atoms with E-state index in [-0.39, 0.29) is 0 Å². The van der Waals surface area contributed by atoms with Crippen molar-refractivity contribution in [3.8, 4) is 0 Å². The number of furan rings is 1. The molecule has 0 amide bonds. The second kappa shape index (κ2) is 5.49. The van der Waals surface area contributed by atoms with Crippen LogP contribution in [0.1, 0.15) is 22.0 Å². The van der Waals surface area contributed by atoms with Crippen LogP contribution >= 0.6 is 11.3 Å². The van der Waals surface area contributed by atoms with Crippen molar-refractivity contribution in [2.24, 2.45) is 5.73 Å². The molecule has 0 spiro atoms. The lowest BCUT2D eigenvalue weighted by Gasteiger charge is -2.13. The van der Waals surface area contributed by atoms with E-state index in [1.807, 2.05) is 6.92 Å². The van der Waals surface area contributed by atoms with Crippen LogP contribution in [0, 0.1) is 6.92 Å². The van der Waals surface area contributed by atoms with Crippen molar-refractivity contribution in [3.63, 3.8) is 0 Å². The zero-order valence-corrected chi connectivity index (χ0v) is 11.1. The Hall–Kier alpha value is -1.10. The first-order chi connectivity index (χ1) is 8.19. The molecule has 2 N–H and O–H groups in total. The van der Waals surface area contributed by atoms with E-state index in [1.54, 1.807) is 11.3 Å². The van der Waals surface area contributed by atoms with Gasteiger partial charge in [0.2, 0.25) is 0 Å². The Morgan fingerprint density at radius 2 is 2.24 bits per heavy atom. The van der Waals surface area contributed by atoms with Gasteiger partial charge in [0.15, 0.2) is 0 Å². The van der Waals surface area contributed by atoms with Gasteiger partial charge in [0.25, 0.3) is 0 Å². The topological polar surface area (TPSA) is 42.4 Å². The lowest BCUT2D eigenvalue weighted by Crippen LogP contribution is -2.16. The quantitative estimate of drug-likeness (QED) is 0.887. The third-order valence-electron chi connectivity index (χ3n) is 2.69. The van der Waals surface area contributed by atoms with Crippen molar-refractivity contribution in [2.45, 2.75) is 26.6 Å². The highest BCUT2D eigenvalue weighted by Gasteiger charge is 2.09. The minimum atomic E-state index is 0.473. The van der Waals surface area contributed by atoms with Gasteiger partial charge in [0.1, 0.15) is 11.5 Å². The first-order valence-corrected chi connectivity index (χ1v) is 6.56. The van der Waals surface area contributed by atoms with E-state index >= 15 is 0 Å². The van der Waals surface area contributed by atoms with Crippen molar-refractivity contribution in [2.75, 3.05) is 7.05 Å². The van der Waals surface area contributed by atoms with Gasteiger partial charge in [0.05, 0.1) is 13.1 Å². The summed E-state index contributed by atoms with van der Waals surface area (Å²) in [7, 11) is 2.10. The molecule has 0 aromatic carbocycles. The van der Waals surface area contributed by atoms with E-state index in [0.29, 0.717) is 6.54 Å². The number of rotatable bonds is 5. The third kappa shape index (κ3) is 3.19. The Kier molecular flexibility index (Phi) is 3.99. The van der Waals surface area contributed by atoms with E-state index in [9.17, 15) is 0 Å². The standard InChI is InChI=1S/C13H18N2OS/c1-10-6-11(16-13(10)7-14)8-15(2)9-12-4-3-5-17-12/h3-6H,7-9,14H2,1-2H3. The van der Waals surface area contributed by atoms with Gasteiger partial charge in [0, 0.05) is 11.4 Å². The van der Waals surface area contributed by atoms with Gasteiger partial charge in [-0.2, -0.15) is 0 Å². The van der Waals surface area contributed by atoms with Gasteiger partial charge in [-0.15, -0.1) is 11.3 Å². The highest BCUT2D eigenvalue weighted by Crippen LogP contribution is 2.17. The van der Waals surface area contributed by atoms with E-state index < -0.39 is 0 Å². The zero-order chi connectivity index (χ0) is 12.3. The number of thiophene rings is 1. The van der Waals surface area contributed by atoms with Gasteiger partial charge in [-0.25, -0.2) is 0 Å². The molecule has 2 aromatic heterocycles. The molecule has 0 saturated heterocycles. The minimum Gasteiger partial charge on any atom is -0.463 e. The summed E-state index contributed by atoms with van der Waals surface area (Å²) in [5, 5.41) is 2.10. The molecule has 0 aliphatic rings. The molecule has 0 aliphatic heterocycles. The third-order valence-corrected chi connectivity index (χ3v) is 3.55. The zero-order valence-electron chi connectivity index (χ0n) is 10.3. The van der Waals surface area contributed by atoms with Crippen molar-refractivity contribution in [1.29, 1.82) is 0 Å². The maximum absolute atomic E-state index is 5.69.